The molecule has 1 N–H and O–H groups in total. The van der Waals surface area contributed by atoms with Crippen molar-refractivity contribution >= 4 is 54.6 Å². The van der Waals surface area contributed by atoms with Crippen molar-refractivity contribution in [3.63, 3.8) is 0 Å². The third-order valence-corrected chi connectivity index (χ3v) is 7.55. The fourth-order valence-electron chi connectivity index (χ4n) is 2.85. The molecule has 0 atom stereocenters. The molecule has 2 aromatic carbocycles. The smallest absolute Gasteiger partial charge is 0.264 e. The summed E-state index contributed by atoms with van der Waals surface area (Å²) in [5.41, 5.74) is 0.141. The number of hydrogen-bond acceptors (Lipinski definition) is 5. The summed E-state index contributed by atoms with van der Waals surface area (Å²) in [7, 11) is -0.878. The van der Waals surface area contributed by atoms with Crippen molar-refractivity contribution < 1.29 is 17.9 Å². The topological polar surface area (TPSA) is 75.7 Å². The van der Waals surface area contributed by atoms with Gasteiger partial charge in [0.25, 0.3) is 15.9 Å². The lowest BCUT2D eigenvalue weighted by Crippen LogP contribution is -2.40. The van der Waals surface area contributed by atoms with Crippen LogP contribution in [-0.4, -0.2) is 34.0 Å². The van der Waals surface area contributed by atoms with Crippen LogP contribution in [0.2, 0.25) is 5.02 Å². The molecule has 1 amide bonds. The summed E-state index contributed by atoms with van der Waals surface area (Å²) >= 11 is 7.46. The number of thiophene rings is 1. The summed E-state index contributed by atoms with van der Waals surface area (Å²) in [5, 5.41) is 3.95. The van der Waals surface area contributed by atoms with E-state index in [1.54, 1.807) is 18.2 Å². The lowest BCUT2D eigenvalue weighted by Gasteiger charge is -2.20. The number of anilines is 1. The fourth-order valence-corrected chi connectivity index (χ4v) is 5.32. The van der Waals surface area contributed by atoms with E-state index in [2.05, 4.69) is 5.32 Å². The zero-order chi connectivity index (χ0) is 22.3. The van der Waals surface area contributed by atoms with Crippen molar-refractivity contribution in [3.05, 3.63) is 52.4 Å². The molecule has 0 aliphatic heterocycles. The summed E-state index contributed by atoms with van der Waals surface area (Å²) in [6.07, 6.45) is 0. The predicted octanol–water partition coefficient (Wildman–Crippen LogP) is 4.92. The average Bonchev–Trinajstić information content (AvgIpc) is 3.09. The number of fused-ring (bicyclic) bond motifs is 1. The Bertz CT molecular complexity index is 1210. The number of rotatable bonds is 5. The van der Waals surface area contributed by atoms with Gasteiger partial charge in [0.05, 0.1) is 27.6 Å². The highest BCUT2D eigenvalue weighted by molar-refractivity contribution is 7.92. The van der Waals surface area contributed by atoms with Crippen LogP contribution in [0.3, 0.4) is 0 Å². The summed E-state index contributed by atoms with van der Waals surface area (Å²) in [4.78, 5) is 13.1. The predicted molar refractivity (Wildman–Crippen MR) is 123 cm³/mol. The van der Waals surface area contributed by atoms with Gasteiger partial charge in [-0.1, -0.05) is 11.6 Å². The Kier molecular flexibility index (Phi) is 6.04. The van der Waals surface area contributed by atoms with Crippen molar-refractivity contribution in [1.29, 1.82) is 0 Å². The number of carbonyl (C=O) groups excluding carboxylic acids is 1. The van der Waals surface area contributed by atoms with E-state index in [-0.39, 0.29) is 21.4 Å². The minimum Gasteiger partial charge on any atom is -0.495 e. The van der Waals surface area contributed by atoms with E-state index >= 15 is 0 Å². The minimum atomic E-state index is -3.82. The van der Waals surface area contributed by atoms with Crippen molar-refractivity contribution in [3.8, 4) is 5.75 Å². The monoisotopic (exact) mass is 466 g/mol. The zero-order valence-electron chi connectivity index (χ0n) is 17.3. The largest absolute Gasteiger partial charge is 0.495 e. The van der Waals surface area contributed by atoms with Crippen LogP contribution in [0.5, 0.6) is 5.75 Å². The van der Waals surface area contributed by atoms with Gasteiger partial charge >= 0.3 is 0 Å². The van der Waals surface area contributed by atoms with Gasteiger partial charge in [-0.2, -0.15) is 0 Å². The zero-order valence-corrected chi connectivity index (χ0v) is 19.7. The Labute approximate surface area is 185 Å². The molecule has 0 aliphatic carbocycles. The molecule has 1 aromatic heterocycles. The first-order valence-electron chi connectivity index (χ1n) is 9.11. The molecule has 0 spiro atoms. The molecule has 3 aromatic rings. The number of amides is 1. The number of nitrogens with zero attached hydrogens (tertiary/aromatic N) is 1. The lowest BCUT2D eigenvalue weighted by atomic mass is 10.1. The fraction of sp³-hybridized carbons (Fsp3) is 0.286. The first-order valence-corrected chi connectivity index (χ1v) is 11.7. The number of nitrogens with one attached hydrogen (secondary N) is 1. The second-order valence-corrected chi connectivity index (χ2v) is 11.3. The van der Waals surface area contributed by atoms with E-state index in [0.29, 0.717) is 16.3 Å². The minimum absolute atomic E-state index is 0.0615. The van der Waals surface area contributed by atoms with Crippen LogP contribution in [0.25, 0.3) is 10.1 Å². The van der Waals surface area contributed by atoms with Crippen molar-refractivity contribution in [2.45, 2.75) is 31.2 Å². The molecule has 0 unspecified atom stereocenters. The second kappa shape index (κ2) is 8.09. The van der Waals surface area contributed by atoms with E-state index in [0.717, 1.165) is 10.1 Å². The summed E-state index contributed by atoms with van der Waals surface area (Å²) < 4.78 is 33.3. The molecule has 160 valence electrons. The molecule has 30 heavy (non-hydrogen) atoms. The summed E-state index contributed by atoms with van der Waals surface area (Å²) in [6, 6.07) is 11.4. The van der Waals surface area contributed by atoms with Gasteiger partial charge in [-0.15, -0.1) is 11.3 Å². The highest BCUT2D eigenvalue weighted by Crippen LogP contribution is 2.33. The molecule has 0 bridgehead atoms. The number of methoxy groups -OCH3 is 1. The maximum atomic E-state index is 13.1. The quantitative estimate of drug-likeness (QED) is 0.579. The Hall–Kier alpha value is -2.29. The molecule has 1 heterocycles. The van der Waals surface area contributed by atoms with Crippen molar-refractivity contribution in [2.75, 3.05) is 18.5 Å². The van der Waals surface area contributed by atoms with E-state index in [1.165, 1.54) is 48.0 Å². The number of sulfonamides is 1. The number of carbonyl (C=O) groups is 1. The van der Waals surface area contributed by atoms with E-state index in [1.807, 2.05) is 26.8 Å². The van der Waals surface area contributed by atoms with Crippen LogP contribution in [0.4, 0.5) is 5.69 Å². The molecule has 9 heteroatoms. The van der Waals surface area contributed by atoms with Gasteiger partial charge in [-0.05, 0) is 68.6 Å². The van der Waals surface area contributed by atoms with Gasteiger partial charge in [0.15, 0.2) is 0 Å². The maximum absolute atomic E-state index is 13.1. The van der Waals surface area contributed by atoms with E-state index < -0.39 is 10.0 Å². The van der Waals surface area contributed by atoms with Gasteiger partial charge in [-0.3, -0.25) is 9.10 Å². The normalized spacial score (nSPS) is 12.1. The van der Waals surface area contributed by atoms with Crippen LogP contribution in [-0.2, 0) is 10.0 Å². The third-order valence-electron chi connectivity index (χ3n) is 4.36. The van der Waals surface area contributed by atoms with Crippen molar-refractivity contribution in [2.24, 2.45) is 0 Å². The molecule has 3 rings (SSSR count). The molecular formula is C21H23ClN2O4S2. The number of ether oxygens (including phenoxy) is 1. The van der Waals surface area contributed by atoms with E-state index in [9.17, 15) is 13.2 Å². The first-order chi connectivity index (χ1) is 13.9. The van der Waals surface area contributed by atoms with Crippen molar-refractivity contribution in [1.82, 2.24) is 5.32 Å². The first kappa shape index (κ1) is 22.4. The lowest BCUT2D eigenvalue weighted by molar-refractivity contribution is 0.0924. The average molecular weight is 467 g/mol. The van der Waals surface area contributed by atoms with Crippen LogP contribution >= 0.6 is 22.9 Å². The van der Waals surface area contributed by atoms with Crippen LogP contribution in [0.15, 0.2) is 47.4 Å². The standard InChI is InChI=1S/C21H23ClN2O4S2/c1-21(2,3)23-20(25)19-11-13-10-14(6-9-18(13)29-19)24(4)30(26,27)15-7-8-17(28-5)16(22)12-15/h6-12H,1-5H3,(H,23,25). The highest BCUT2D eigenvalue weighted by atomic mass is 35.5. The molecule has 6 nitrogen and oxygen atoms in total. The molecular weight excluding hydrogens is 444 g/mol. The van der Waals surface area contributed by atoms with Crippen LogP contribution in [0, 0.1) is 0 Å². The summed E-state index contributed by atoms with van der Waals surface area (Å²) in [5.74, 6) is 0.248. The molecule has 0 aliphatic rings. The Balaban J connectivity index is 1.94. The van der Waals surface area contributed by atoms with Gasteiger partial charge < -0.3 is 10.1 Å². The van der Waals surface area contributed by atoms with E-state index in [4.69, 9.17) is 16.3 Å². The number of halogens is 1. The third kappa shape index (κ3) is 4.55. The van der Waals surface area contributed by atoms with Crippen LogP contribution < -0.4 is 14.4 Å². The van der Waals surface area contributed by atoms with Gasteiger partial charge in [0.1, 0.15) is 5.75 Å². The molecule has 0 radical (unpaired) electrons. The highest BCUT2D eigenvalue weighted by Gasteiger charge is 2.23. The Morgan fingerprint density at radius 1 is 1.13 bits per heavy atom. The molecule has 0 fully saturated rings. The Morgan fingerprint density at radius 2 is 1.83 bits per heavy atom. The molecule has 0 saturated carbocycles. The van der Waals surface area contributed by atoms with Gasteiger partial charge in [-0.25, -0.2) is 8.42 Å². The maximum Gasteiger partial charge on any atom is 0.264 e. The number of hydrogen-bond donors (Lipinski definition) is 1. The Morgan fingerprint density at radius 3 is 2.43 bits per heavy atom. The SMILES string of the molecule is COc1ccc(S(=O)(=O)N(C)c2ccc3sc(C(=O)NC(C)(C)C)cc3c2)cc1Cl. The van der Waals surface area contributed by atoms with Crippen LogP contribution in [0.1, 0.15) is 30.4 Å². The number of benzene rings is 2. The van der Waals surface area contributed by atoms with Gasteiger partial charge in [0, 0.05) is 17.3 Å². The molecule has 0 saturated heterocycles. The summed E-state index contributed by atoms with van der Waals surface area (Å²) in [6.45, 7) is 5.75. The second-order valence-electron chi connectivity index (χ2n) is 7.81. The van der Waals surface area contributed by atoms with Gasteiger partial charge in [0.2, 0.25) is 0 Å².